The zero-order valence-corrected chi connectivity index (χ0v) is 21.0. The van der Waals surface area contributed by atoms with Crippen molar-refractivity contribution in [3.05, 3.63) is 83.2 Å². The summed E-state index contributed by atoms with van der Waals surface area (Å²) < 4.78 is 6.16. The van der Waals surface area contributed by atoms with E-state index in [0.717, 1.165) is 70.8 Å². The molecule has 4 aromatic rings. The van der Waals surface area contributed by atoms with Crippen molar-refractivity contribution < 1.29 is 9.53 Å². The topological polar surface area (TPSA) is 61.5 Å². The summed E-state index contributed by atoms with van der Waals surface area (Å²) in [5.74, 6) is 2.36. The number of carbonyl (C=O) groups excluding carboxylic acids is 1. The van der Waals surface area contributed by atoms with Gasteiger partial charge in [-0.2, -0.15) is 0 Å². The Bertz CT molecular complexity index is 1400. The number of aromatic nitrogens is 2. The molecule has 184 valence electrons. The number of aromatic amines is 1. The molecule has 6 rings (SSSR count). The van der Waals surface area contributed by atoms with E-state index in [1.165, 1.54) is 5.56 Å². The molecule has 0 spiro atoms. The van der Waals surface area contributed by atoms with Crippen LogP contribution in [0.15, 0.2) is 60.7 Å². The molecule has 0 unspecified atom stereocenters. The van der Waals surface area contributed by atoms with Crippen LogP contribution in [0, 0.1) is 13.8 Å². The van der Waals surface area contributed by atoms with Crippen molar-refractivity contribution in [3.63, 3.8) is 0 Å². The molecular formula is C30H32N4O2. The number of amides is 2. The molecule has 3 heterocycles. The van der Waals surface area contributed by atoms with Gasteiger partial charge in [-0.05, 0) is 79.1 Å². The number of urea groups is 1. The number of nitrogens with one attached hydrogen (secondary N) is 1. The molecule has 1 fully saturated rings. The van der Waals surface area contributed by atoms with E-state index < -0.39 is 0 Å². The van der Waals surface area contributed by atoms with Crippen LogP contribution in [0.3, 0.4) is 0 Å². The van der Waals surface area contributed by atoms with Gasteiger partial charge in [-0.3, -0.25) is 0 Å². The second kappa shape index (κ2) is 9.34. The van der Waals surface area contributed by atoms with Crippen molar-refractivity contribution in [1.29, 1.82) is 0 Å². The molecule has 0 radical (unpaired) electrons. The lowest BCUT2D eigenvalue weighted by Crippen LogP contribution is -2.46. The van der Waals surface area contributed by atoms with E-state index in [4.69, 9.17) is 4.74 Å². The van der Waals surface area contributed by atoms with Crippen LogP contribution in [0.5, 0.6) is 5.75 Å². The van der Waals surface area contributed by atoms with Gasteiger partial charge >= 0.3 is 6.03 Å². The fraction of sp³-hybridized carbons (Fsp3) is 0.333. The fourth-order valence-electron chi connectivity index (χ4n) is 5.69. The lowest BCUT2D eigenvalue weighted by Gasteiger charge is -2.35. The van der Waals surface area contributed by atoms with Crippen molar-refractivity contribution in [2.75, 3.05) is 26.2 Å². The number of H-pyrrole nitrogens is 1. The monoisotopic (exact) mass is 480 g/mol. The van der Waals surface area contributed by atoms with E-state index in [1.54, 1.807) is 0 Å². The van der Waals surface area contributed by atoms with E-state index in [-0.39, 0.29) is 6.03 Å². The number of rotatable bonds is 2. The molecule has 2 amide bonds. The standard InChI is InChI=1S/C30H32N4O2/c1-20-16-25(24-8-9-27-28(18-24)32-21(2)31-27)17-26-19-34(14-15-36-29(20)26)30(35)33-12-10-23(11-13-33)22-6-4-3-5-7-22/h3-9,16-18,23H,10-15,19H2,1-2H3,(H,31,32). The first-order valence-electron chi connectivity index (χ1n) is 12.9. The van der Waals surface area contributed by atoms with Crippen LogP contribution < -0.4 is 4.74 Å². The molecule has 0 aliphatic carbocycles. The summed E-state index contributed by atoms with van der Waals surface area (Å²) in [6.45, 7) is 7.33. The lowest BCUT2D eigenvalue weighted by molar-refractivity contribution is 0.133. The van der Waals surface area contributed by atoms with Gasteiger partial charge in [0.15, 0.2) is 0 Å². The lowest BCUT2D eigenvalue weighted by atomic mass is 9.89. The molecule has 36 heavy (non-hydrogen) atoms. The molecular weight excluding hydrogens is 448 g/mol. The summed E-state index contributed by atoms with van der Waals surface area (Å²) in [5, 5.41) is 0. The second-order valence-corrected chi connectivity index (χ2v) is 10.1. The highest BCUT2D eigenvalue weighted by atomic mass is 16.5. The Kier molecular flexibility index (Phi) is 5.88. The molecule has 1 N–H and O–H groups in total. The molecule has 0 saturated carbocycles. The highest BCUT2D eigenvalue weighted by molar-refractivity contribution is 5.82. The Balaban J connectivity index is 1.21. The van der Waals surface area contributed by atoms with Crippen LogP contribution in [0.25, 0.3) is 22.2 Å². The SMILES string of the molecule is Cc1nc2ccc(-c3cc(C)c4c(c3)CN(C(=O)N3CCC(c5ccccc5)CC3)CCO4)cc2[nH]1. The molecule has 6 nitrogen and oxygen atoms in total. The zero-order valence-electron chi connectivity index (χ0n) is 21.0. The maximum Gasteiger partial charge on any atom is 0.320 e. The number of nitrogens with zero attached hydrogens (tertiary/aromatic N) is 3. The van der Waals surface area contributed by atoms with Gasteiger partial charge in [0.25, 0.3) is 0 Å². The second-order valence-electron chi connectivity index (χ2n) is 10.1. The molecule has 6 heteroatoms. The van der Waals surface area contributed by atoms with Gasteiger partial charge in [0.2, 0.25) is 0 Å². The number of hydrogen-bond donors (Lipinski definition) is 1. The fourth-order valence-corrected chi connectivity index (χ4v) is 5.69. The molecule has 2 aliphatic rings. The Hall–Kier alpha value is -3.80. The Morgan fingerprint density at radius 3 is 2.56 bits per heavy atom. The summed E-state index contributed by atoms with van der Waals surface area (Å²) in [6, 6.07) is 21.5. The summed E-state index contributed by atoms with van der Waals surface area (Å²) in [4.78, 5) is 25.4. The van der Waals surface area contributed by atoms with Gasteiger partial charge in [-0.15, -0.1) is 0 Å². The summed E-state index contributed by atoms with van der Waals surface area (Å²) in [7, 11) is 0. The van der Waals surface area contributed by atoms with Gasteiger partial charge in [0.1, 0.15) is 18.2 Å². The maximum atomic E-state index is 13.5. The molecule has 2 aliphatic heterocycles. The number of likely N-dealkylation sites (tertiary alicyclic amines) is 1. The van der Waals surface area contributed by atoms with E-state index in [1.807, 2.05) is 16.7 Å². The molecule has 0 bridgehead atoms. The minimum Gasteiger partial charge on any atom is -0.491 e. The van der Waals surface area contributed by atoms with Crippen molar-refractivity contribution >= 4 is 17.1 Å². The predicted octanol–water partition coefficient (Wildman–Crippen LogP) is 6.04. The minimum absolute atomic E-state index is 0.121. The molecule has 3 aromatic carbocycles. The third-order valence-corrected chi connectivity index (χ3v) is 7.56. The number of hydrogen-bond acceptors (Lipinski definition) is 3. The first-order chi connectivity index (χ1) is 17.5. The average Bonchev–Trinajstić information content (AvgIpc) is 3.14. The third-order valence-electron chi connectivity index (χ3n) is 7.56. The minimum atomic E-state index is 0.121. The number of imidazole rings is 1. The summed E-state index contributed by atoms with van der Waals surface area (Å²) in [5.41, 5.74) is 7.80. The van der Waals surface area contributed by atoms with Crippen molar-refractivity contribution in [3.8, 4) is 16.9 Å². The number of benzene rings is 3. The van der Waals surface area contributed by atoms with E-state index in [2.05, 4.69) is 77.6 Å². The van der Waals surface area contributed by atoms with Gasteiger partial charge in [0.05, 0.1) is 24.1 Å². The van der Waals surface area contributed by atoms with Crippen molar-refractivity contribution in [1.82, 2.24) is 19.8 Å². The predicted molar refractivity (Wildman–Crippen MR) is 142 cm³/mol. The van der Waals surface area contributed by atoms with Gasteiger partial charge in [-0.25, -0.2) is 9.78 Å². The Labute approximate surface area is 211 Å². The van der Waals surface area contributed by atoms with Crippen molar-refractivity contribution in [2.24, 2.45) is 0 Å². The Morgan fingerprint density at radius 1 is 0.944 bits per heavy atom. The van der Waals surface area contributed by atoms with Crippen molar-refractivity contribution in [2.45, 2.75) is 39.2 Å². The summed E-state index contributed by atoms with van der Waals surface area (Å²) in [6.07, 6.45) is 2.02. The normalized spacial score (nSPS) is 16.5. The highest BCUT2D eigenvalue weighted by Gasteiger charge is 2.29. The van der Waals surface area contributed by atoms with Crippen LogP contribution in [-0.2, 0) is 6.54 Å². The number of aryl methyl sites for hydroxylation is 2. The van der Waals surface area contributed by atoms with Crippen LogP contribution in [0.4, 0.5) is 4.79 Å². The van der Waals surface area contributed by atoms with Gasteiger partial charge < -0.3 is 19.5 Å². The Morgan fingerprint density at radius 2 is 1.75 bits per heavy atom. The van der Waals surface area contributed by atoms with Crippen LogP contribution in [0.2, 0.25) is 0 Å². The molecule has 1 saturated heterocycles. The maximum absolute atomic E-state index is 13.5. The van der Waals surface area contributed by atoms with Crippen LogP contribution >= 0.6 is 0 Å². The van der Waals surface area contributed by atoms with Crippen LogP contribution in [-0.4, -0.2) is 52.0 Å². The van der Waals surface area contributed by atoms with Gasteiger partial charge in [0, 0.05) is 18.7 Å². The summed E-state index contributed by atoms with van der Waals surface area (Å²) >= 11 is 0. The largest absolute Gasteiger partial charge is 0.491 e. The average molecular weight is 481 g/mol. The highest BCUT2D eigenvalue weighted by Crippen LogP contribution is 2.35. The first kappa shape index (κ1) is 22.7. The van der Waals surface area contributed by atoms with E-state index in [0.29, 0.717) is 25.6 Å². The number of ether oxygens (including phenoxy) is 1. The number of carbonyl (C=O) groups is 1. The first-order valence-corrected chi connectivity index (χ1v) is 12.9. The number of fused-ring (bicyclic) bond motifs is 2. The zero-order chi connectivity index (χ0) is 24.6. The van der Waals surface area contributed by atoms with Crippen LogP contribution in [0.1, 0.15) is 41.3 Å². The number of piperidine rings is 1. The third kappa shape index (κ3) is 4.32. The van der Waals surface area contributed by atoms with Gasteiger partial charge in [-0.1, -0.05) is 36.4 Å². The van der Waals surface area contributed by atoms with E-state index in [9.17, 15) is 4.79 Å². The van der Waals surface area contributed by atoms with E-state index >= 15 is 0 Å². The molecule has 0 atom stereocenters. The molecule has 1 aromatic heterocycles. The quantitative estimate of drug-likeness (QED) is 0.380. The smallest absolute Gasteiger partial charge is 0.320 e.